The van der Waals surface area contributed by atoms with Gasteiger partial charge in [-0.25, -0.2) is 0 Å². The van der Waals surface area contributed by atoms with Crippen LogP contribution in [0.2, 0.25) is 5.02 Å². The van der Waals surface area contributed by atoms with E-state index in [4.69, 9.17) is 16.0 Å². The van der Waals surface area contributed by atoms with E-state index in [0.717, 1.165) is 29.8 Å². The first-order chi connectivity index (χ1) is 14.6. The number of furan rings is 1. The van der Waals surface area contributed by atoms with Crippen LogP contribution in [0.15, 0.2) is 82.6 Å². The molecule has 1 atom stereocenters. The minimum absolute atomic E-state index is 0.0498. The number of carbonyl (C=O) groups excluding carboxylic acids is 2. The molecule has 1 aliphatic carbocycles. The number of amides is 1. The van der Waals surface area contributed by atoms with Crippen molar-refractivity contribution in [2.75, 3.05) is 10.2 Å². The molecule has 1 aromatic heterocycles. The summed E-state index contributed by atoms with van der Waals surface area (Å²) in [7, 11) is 0. The Kier molecular flexibility index (Phi) is 4.68. The fourth-order valence-electron chi connectivity index (χ4n) is 4.24. The average molecular weight is 419 g/mol. The number of allylic oxidation sites excluding steroid dienone is 1. The third-order valence-corrected chi connectivity index (χ3v) is 5.83. The van der Waals surface area contributed by atoms with Gasteiger partial charge >= 0.3 is 0 Å². The third kappa shape index (κ3) is 3.12. The summed E-state index contributed by atoms with van der Waals surface area (Å²) >= 11 is 6.12. The number of ketones is 1. The molecule has 5 rings (SSSR count). The monoisotopic (exact) mass is 418 g/mol. The molecule has 0 radical (unpaired) electrons. The Balaban J connectivity index is 1.78. The minimum atomic E-state index is -0.584. The number of hydrogen-bond donors (Lipinski definition) is 1. The van der Waals surface area contributed by atoms with Gasteiger partial charge < -0.3 is 9.73 Å². The molecule has 2 aliphatic rings. The van der Waals surface area contributed by atoms with Crippen LogP contribution in [-0.4, -0.2) is 11.7 Å². The summed E-state index contributed by atoms with van der Waals surface area (Å²) in [6.07, 6.45) is 3.47. The van der Waals surface area contributed by atoms with Crippen molar-refractivity contribution in [2.24, 2.45) is 0 Å². The van der Waals surface area contributed by atoms with Crippen LogP contribution in [0.5, 0.6) is 0 Å². The molecule has 3 aromatic rings. The Bertz CT molecular complexity index is 1150. The lowest BCUT2D eigenvalue weighted by Gasteiger charge is -2.33. The third-order valence-electron chi connectivity index (χ3n) is 5.57. The molecule has 1 aliphatic heterocycles. The van der Waals surface area contributed by atoms with E-state index in [0.29, 0.717) is 22.7 Å². The topological polar surface area (TPSA) is 62.6 Å². The standard InChI is InChI=1S/C24H19ClN2O3/c25-16-12-10-15(11-13-16)23-22-18(6-3-8-20(22)28)26-17-5-1-2-7-19(17)27(23)24(29)21-9-4-14-30-21/h1-2,4-5,7,9-14,23,26H,3,6,8H2/t23-/m0/s1. The molecule has 0 spiro atoms. The van der Waals surface area contributed by atoms with Crippen LogP contribution < -0.4 is 10.2 Å². The molecule has 0 saturated carbocycles. The highest BCUT2D eigenvalue weighted by Crippen LogP contribution is 2.45. The van der Waals surface area contributed by atoms with Crippen molar-refractivity contribution in [3.05, 3.63) is 94.5 Å². The normalized spacial score (nSPS) is 18.4. The van der Waals surface area contributed by atoms with Crippen molar-refractivity contribution in [1.82, 2.24) is 0 Å². The van der Waals surface area contributed by atoms with Crippen LogP contribution in [0, 0.1) is 0 Å². The zero-order valence-electron chi connectivity index (χ0n) is 16.1. The van der Waals surface area contributed by atoms with E-state index in [-0.39, 0.29) is 17.5 Å². The van der Waals surface area contributed by atoms with Gasteiger partial charge in [0.1, 0.15) is 0 Å². The van der Waals surface area contributed by atoms with Gasteiger partial charge in [-0.2, -0.15) is 0 Å². The molecule has 6 heteroatoms. The van der Waals surface area contributed by atoms with Crippen LogP contribution in [0.1, 0.15) is 41.4 Å². The predicted octanol–water partition coefficient (Wildman–Crippen LogP) is 5.75. The van der Waals surface area contributed by atoms with Crippen molar-refractivity contribution in [3.8, 4) is 0 Å². The molecule has 0 bridgehead atoms. The van der Waals surface area contributed by atoms with E-state index in [9.17, 15) is 9.59 Å². The van der Waals surface area contributed by atoms with Gasteiger partial charge in [-0.1, -0.05) is 35.9 Å². The lowest BCUT2D eigenvalue weighted by Crippen LogP contribution is -2.37. The van der Waals surface area contributed by atoms with E-state index < -0.39 is 6.04 Å². The van der Waals surface area contributed by atoms with Crippen molar-refractivity contribution in [3.63, 3.8) is 0 Å². The molecule has 0 fully saturated rings. The van der Waals surface area contributed by atoms with Gasteiger partial charge in [-0.15, -0.1) is 0 Å². The largest absolute Gasteiger partial charge is 0.459 e. The summed E-state index contributed by atoms with van der Waals surface area (Å²) in [6.45, 7) is 0. The number of carbonyl (C=O) groups is 2. The van der Waals surface area contributed by atoms with E-state index >= 15 is 0 Å². The van der Waals surface area contributed by atoms with Gasteiger partial charge in [0.2, 0.25) is 0 Å². The number of nitrogens with zero attached hydrogens (tertiary/aromatic N) is 1. The Hall–Kier alpha value is -3.31. The Morgan fingerprint density at radius 2 is 1.83 bits per heavy atom. The molecule has 2 aromatic carbocycles. The average Bonchev–Trinajstić information content (AvgIpc) is 3.24. The Morgan fingerprint density at radius 3 is 2.60 bits per heavy atom. The molecule has 30 heavy (non-hydrogen) atoms. The number of rotatable bonds is 2. The lowest BCUT2D eigenvalue weighted by atomic mass is 9.85. The summed E-state index contributed by atoms with van der Waals surface area (Å²) in [5.41, 5.74) is 3.80. The maximum Gasteiger partial charge on any atom is 0.294 e. The quantitative estimate of drug-likeness (QED) is 0.575. The van der Waals surface area contributed by atoms with Gasteiger partial charge in [-0.3, -0.25) is 14.5 Å². The summed E-state index contributed by atoms with van der Waals surface area (Å²) in [5.74, 6) is -0.0360. The maximum atomic E-state index is 13.7. The zero-order valence-corrected chi connectivity index (χ0v) is 16.9. The number of benzene rings is 2. The first-order valence-electron chi connectivity index (χ1n) is 9.88. The first kappa shape index (κ1) is 18.7. The minimum Gasteiger partial charge on any atom is -0.459 e. The van der Waals surface area contributed by atoms with Gasteiger partial charge in [0.15, 0.2) is 11.5 Å². The SMILES string of the molecule is O=C1CCCC2=C1[C@H](c1ccc(Cl)cc1)N(C(=O)c1ccco1)c1ccccc1N2. The van der Waals surface area contributed by atoms with Gasteiger partial charge in [0, 0.05) is 22.7 Å². The van der Waals surface area contributed by atoms with E-state index in [1.54, 1.807) is 29.2 Å². The highest BCUT2D eigenvalue weighted by Gasteiger charge is 2.40. The lowest BCUT2D eigenvalue weighted by molar-refractivity contribution is -0.116. The number of anilines is 2. The first-order valence-corrected chi connectivity index (χ1v) is 10.3. The van der Waals surface area contributed by atoms with Crippen molar-refractivity contribution in [2.45, 2.75) is 25.3 Å². The van der Waals surface area contributed by atoms with E-state index in [2.05, 4.69) is 5.32 Å². The highest BCUT2D eigenvalue weighted by atomic mass is 35.5. The second-order valence-corrected chi connectivity index (χ2v) is 7.85. The number of Topliss-reactive ketones (excluding diaryl/α,β-unsaturated/α-hetero) is 1. The fourth-order valence-corrected chi connectivity index (χ4v) is 4.36. The van der Waals surface area contributed by atoms with Crippen LogP contribution >= 0.6 is 11.6 Å². The molecule has 150 valence electrons. The smallest absolute Gasteiger partial charge is 0.294 e. The maximum absolute atomic E-state index is 13.7. The molecule has 1 N–H and O–H groups in total. The van der Waals surface area contributed by atoms with Gasteiger partial charge in [-0.05, 0) is 54.8 Å². The summed E-state index contributed by atoms with van der Waals surface area (Å²) < 4.78 is 5.44. The summed E-state index contributed by atoms with van der Waals surface area (Å²) in [5, 5.41) is 4.04. The van der Waals surface area contributed by atoms with Crippen molar-refractivity contribution < 1.29 is 14.0 Å². The number of nitrogens with one attached hydrogen (secondary N) is 1. The molecule has 2 heterocycles. The Labute approximate surface area is 178 Å². The summed E-state index contributed by atoms with van der Waals surface area (Å²) in [6, 6.07) is 17.6. The number of halogens is 1. The molecule has 0 unspecified atom stereocenters. The fraction of sp³-hybridized carbons (Fsp3) is 0.167. The molecular weight excluding hydrogens is 400 g/mol. The van der Waals surface area contributed by atoms with E-state index in [1.165, 1.54) is 6.26 Å². The highest BCUT2D eigenvalue weighted by molar-refractivity contribution is 6.30. The molecule has 1 amide bonds. The number of para-hydroxylation sites is 2. The molecule has 5 nitrogen and oxygen atoms in total. The second kappa shape index (κ2) is 7.50. The molecular formula is C24H19ClN2O3. The summed E-state index contributed by atoms with van der Waals surface area (Å²) in [4.78, 5) is 28.5. The zero-order chi connectivity index (χ0) is 20.7. The van der Waals surface area contributed by atoms with Crippen molar-refractivity contribution in [1.29, 1.82) is 0 Å². The second-order valence-electron chi connectivity index (χ2n) is 7.42. The number of fused-ring (bicyclic) bond motifs is 1. The van der Waals surface area contributed by atoms with Crippen molar-refractivity contribution >= 4 is 34.7 Å². The Morgan fingerprint density at radius 1 is 1.03 bits per heavy atom. The van der Waals surface area contributed by atoms with E-state index in [1.807, 2.05) is 36.4 Å². The van der Waals surface area contributed by atoms with Crippen LogP contribution in [-0.2, 0) is 4.79 Å². The van der Waals surface area contributed by atoms with Crippen LogP contribution in [0.3, 0.4) is 0 Å². The van der Waals surface area contributed by atoms with Gasteiger partial charge in [0.05, 0.1) is 23.7 Å². The predicted molar refractivity (Wildman–Crippen MR) is 116 cm³/mol. The molecule has 0 saturated heterocycles. The van der Waals surface area contributed by atoms with Crippen LogP contribution in [0.25, 0.3) is 0 Å². The number of hydrogen-bond acceptors (Lipinski definition) is 4. The van der Waals surface area contributed by atoms with Crippen LogP contribution in [0.4, 0.5) is 11.4 Å². The van der Waals surface area contributed by atoms with Gasteiger partial charge in [0.25, 0.3) is 5.91 Å².